The molecule has 0 aliphatic carbocycles. The van der Waals surface area contributed by atoms with Crippen molar-refractivity contribution in [3.05, 3.63) is 52.8 Å². The maximum Gasteiger partial charge on any atom is 0.250 e. The number of nitrogen functional groups attached to an aromatic ring is 1. The van der Waals surface area contributed by atoms with Crippen molar-refractivity contribution in [3.63, 3.8) is 0 Å². The molecule has 0 radical (unpaired) electrons. The summed E-state index contributed by atoms with van der Waals surface area (Å²) in [7, 11) is 0. The lowest BCUT2D eigenvalue weighted by Gasteiger charge is -2.08. The van der Waals surface area contributed by atoms with E-state index in [9.17, 15) is 9.18 Å². The minimum Gasteiger partial charge on any atom is -0.457 e. The fourth-order valence-electron chi connectivity index (χ4n) is 1.49. The van der Waals surface area contributed by atoms with Gasteiger partial charge in [0.15, 0.2) is 0 Å². The predicted molar refractivity (Wildman–Crippen MR) is 70.9 cm³/mol. The number of carbonyl (C=O) groups is 1. The number of hydrogen-bond donors (Lipinski definition) is 2. The van der Waals surface area contributed by atoms with E-state index in [2.05, 4.69) is 0 Å². The van der Waals surface area contributed by atoms with E-state index in [4.69, 9.17) is 27.8 Å². The summed E-state index contributed by atoms with van der Waals surface area (Å²) in [6.07, 6.45) is 0. The Labute approximate surface area is 113 Å². The van der Waals surface area contributed by atoms with Gasteiger partial charge in [-0.15, -0.1) is 0 Å². The van der Waals surface area contributed by atoms with Gasteiger partial charge in [-0.1, -0.05) is 11.6 Å². The minimum absolute atomic E-state index is 0.0527. The first kappa shape index (κ1) is 13.2. The number of hydrogen-bond acceptors (Lipinski definition) is 3. The summed E-state index contributed by atoms with van der Waals surface area (Å²) >= 11 is 5.64. The van der Waals surface area contributed by atoms with Gasteiger partial charge in [0.2, 0.25) is 0 Å². The minimum atomic E-state index is -0.653. The van der Waals surface area contributed by atoms with Crippen LogP contribution < -0.4 is 16.2 Å². The van der Waals surface area contributed by atoms with Gasteiger partial charge in [-0.3, -0.25) is 4.79 Å². The lowest BCUT2D eigenvalue weighted by atomic mass is 10.1. The van der Waals surface area contributed by atoms with E-state index in [1.54, 1.807) is 6.07 Å². The van der Waals surface area contributed by atoms with Crippen LogP contribution in [0.25, 0.3) is 0 Å². The van der Waals surface area contributed by atoms with Gasteiger partial charge in [0.1, 0.15) is 17.3 Å². The zero-order valence-electron chi connectivity index (χ0n) is 9.69. The average Bonchev–Trinajstić information content (AvgIpc) is 2.36. The molecule has 0 atom stereocenters. The van der Waals surface area contributed by atoms with Crippen molar-refractivity contribution in [2.45, 2.75) is 0 Å². The first-order valence-corrected chi connectivity index (χ1v) is 5.67. The summed E-state index contributed by atoms with van der Waals surface area (Å²) in [4.78, 5) is 11.1. The molecule has 2 aromatic rings. The van der Waals surface area contributed by atoms with Gasteiger partial charge in [-0.05, 0) is 30.3 Å². The van der Waals surface area contributed by atoms with Gasteiger partial charge in [-0.25, -0.2) is 4.39 Å². The van der Waals surface area contributed by atoms with Gasteiger partial charge >= 0.3 is 0 Å². The molecule has 98 valence electrons. The predicted octanol–water partition coefficient (Wildman–Crippen LogP) is 2.95. The first-order chi connectivity index (χ1) is 8.97. The van der Waals surface area contributed by atoms with E-state index < -0.39 is 11.7 Å². The first-order valence-electron chi connectivity index (χ1n) is 5.29. The molecule has 0 saturated carbocycles. The third-order valence-corrected chi connectivity index (χ3v) is 2.71. The Balaban J connectivity index is 2.30. The van der Waals surface area contributed by atoms with Crippen molar-refractivity contribution in [2.24, 2.45) is 5.73 Å². The number of anilines is 1. The molecule has 0 aromatic heterocycles. The molecule has 6 heteroatoms. The normalized spacial score (nSPS) is 10.2. The largest absolute Gasteiger partial charge is 0.457 e. The molecule has 0 aliphatic heterocycles. The molecule has 19 heavy (non-hydrogen) atoms. The molecule has 0 heterocycles. The van der Waals surface area contributed by atoms with E-state index in [1.807, 2.05) is 0 Å². The lowest BCUT2D eigenvalue weighted by molar-refractivity contribution is 0.100. The number of ether oxygens (including phenoxy) is 1. The Morgan fingerprint density at radius 1 is 1.16 bits per heavy atom. The average molecular weight is 281 g/mol. The van der Waals surface area contributed by atoms with Crippen LogP contribution in [-0.2, 0) is 0 Å². The molecule has 0 bridgehead atoms. The Kier molecular flexibility index (Phi) is 3.57. The molecule has 2 aromatic carbocycles. The van der Waals surface area contributed by atoms with Crippen LogP contribution in [0.4, 0.5) is 10.1 Å². The summed E-state index contributed by atoms with van der Waals surface area (Å²) < 4.78 is 18.4. The third kappa shape index (κ3) is 2.95. The van der Waals surface area contributed by atoms with Gasteiger partial charge < -0.3 is 16.2 Å². The number of nitrogens with two attached hydrogens (primary N) is 2. The van der Waals surface area contributed by atoms with Crippen LogP contribution in [0.15, 0.2) is 36.4 Å². The van der Waals surface area contributed by atoms with E-state index in [0.29, 0.717) is 11.5 Å². The monoisotopic (exact) mass is 280 g/mol. The molecule has 0 spiro atoms. The summed E-state index contributed by atoms with van der Waals surface area (Å²) in [5, 5.41) is -0.0527. The number of benzene rings is 2. The molecule has 0 saturated heterocycles. The van der Waals surface area contributed by atoms with E-state index >= 15 is 0 Å². The van der Waals surface area contributed by atoms with Crippen LogP contribution in [0.1, 0.15) is 10.4 Å². The number of amides is 1. The maximum atomic E-state index is 13.0. The summed E-state index contributed by atoms with van der Waals surface area (Å²) in [5.74, 6) is -0.499. The smallest absolute Gasteiger partial charge is 0.250 e. The van der Waals surface area contributed by atoms with Gasteiger partial charge in [0, 0.05) is 11.8 Å². The Morgan fingerprint density at radius 3 is 2.42 bits per heavy atom. The van der Waals surface area contributed by atoms with Crippen LogP contribution in [0, 0.1) is 5.82 Å². The third-order valence-electron chi connectivity index (χ3n) is 2.42. The Hall–Kier alpha value is -2.27. The quantitative estimate of drug-likeness (QED) is 0.849. The Morgan fingerprint density at radius 2 is 1.79 bits per heavy atom. The topological polar surface area (TPSA) is 78.3 Å². The number of primary amides is 1. The maximum absolute atomic E-state index is 13.0. The molecule has 4 N–H and O–H groups in total. The fourth-order valence-corrected chi connectivity index (χ4v) is 1.66. The van der Waals surface area contributed by atoms with Crippen LogP contribution in [-0.4, -0.2) is 5.91 Å². The Bertz CT molecular complexity index is 647. The van der Waals surface area contributed by atoms with E-state index in [-0.39, 0.29) is 16.3 Å². The number of halogens is 2. The fraction of sp³-hybridized carbons (Fsp3) is 0. The number of carbonyl (C=O) groups excluding carboxylic acids is 1. The zero-order valence-corrected chi connectivity index (χ0v) is 10.4. The highest BCUT2D eigenvalue weighted by atomic mass is 35.5. The highest BCUT2D eigenvalue weighted by Gasteiger charge is 2.09. The van der Waals surface area contributed by atoms with Crippen molar-refractivity contribution in [3.8, 4) is 11.5 Å². The van der Waals surface area contributed by atoms with Crippen molar-refractivity contribution < 1.29 is 13.9 Å². The number of rotatable bonds is 3. The second-order valence-electron chi connectivity index (χ2n) is 3.79. The molecule has 0 unspecified atom stereocenters. The SMILES string of the molecule is NC(=O)c1cc(Oc2ccc(F)c(Cl)c2)ccc1N. The van der Waals surface area contributed by atoms with E-state index in [1.165, 1.54) is 30.3 Å². The van der Waals surface area contributed by atoms with Crippen molar-refractivity contribution in [2.75, 3.05) is 5.73 Å². The van der Waals surface area contributed by atoms with Crippen LogP contribution in [0.2, 0.25) is 5.02 Å². The summed E-state index contributed by atoms with van der Waals surface area (Å²) in [5.41, 5.74) is 11.2. The van der Waals surface area contributed by atoms with Crippen LogP contribution in [0.3, 0.4) is 0 Å². The van der Waals surface area contributed by atoms with Crippen molar-refractivity contribution >= 4 is 23.2 Å². The molecular weight excluding hydrogens is 271 g/mol. The highest BCUT2D eigenvalue weighted by Crippen LogP contribution is 2.28. The van der Waals surface area contributed by atoms with Crippen molar-refractivity contribution in [1.82, 2.24) is 0 Å². The molecule has 0 fully saturated rings. The molecular formula is C13H10ClFN2O2. The second-order valence-corrected chi connectivity index (χ2v) is 4.20. The highest BCUT2D eigenvalue weighted by molar-refractivity contribution is 6.30. The molecule has 1 amide bonds. The van der Waals surface area contributed by atoms with E-state index in [0.717, 1.165) is 0 Å². The molecule has 4 nitrogen and oxygen atoms in total. The molecule has 0 aliphatic rings. The molecule has 2 rings (SSSR count). The summed E-state index contributed by atoms with van der Waals surface area (Å²) in [6, 6.07) is 8.41. The lowest BCUT2D eigenvalue weighted by Crippen LogP contribution is -2.13. The van der Waals surface area contributed by atoms with Gasteiger partial charge in [0.05, 0.1) is 10.6 Å². The van der Waals surface area contributed by atoms with Crippen LogP contribution in [0.5, 0.6) is 11.5 Å². The standard InChI is InChI=1S/C13H10ClFN2O2/c14-10-6-8(1-3-11(10)15)19-7-2-4-12(16)9(5-7)13(17)18/h1-6H,16H2,(H2,17,18). The second kappa shape index (κ2) is 5.16. The van der Waals surface area contributed by atoms with Crippen LogP contribution >= 0.6 is 11.6 Å². The zero-order chi connectivity index (χ0) is 14.0. The van der Waals surface area contributed by atoms with Crippen molar-refractivity contribution in [1.29, 1.82) is 0 Å². The summed E-state index contributed by atoms with van der Waals surface area (Å²) in [6.45, 7) is 0. The van der Waals surface area contributed by atoms with Gasteiger partial charge in [0.25, 0.3) is 5.91 Å². The van der Waals surface area contributed by atoms with Gasteiger partial charge in [-0.2, -0.15) is 0 Å².